The second-order valence-electron chi connectivity index (χ2n) is 4.57. The SMILES string of the molecule is O=C1CC(Cl)CN1c1cccc(Cn2cncn2)c1. The fourth-order valence-corrected chi connectivity index (χ4v) is 2.51. The molecule has 0 spiro atoms. The number of benzene rings is 1. The Morgan fingerprint density at radius 3 is 3.00 bits per heavy atom. The van der Waals surface area contributed by atoms with Gasteiger partial charge in [0.15, 0.2) is 0 Å². The number of rotatable bonds is 3. The minimum absolute atomic E-state index is 0.0814. The van der Waals surface area contributed by atoms with Gasteiger partial charge in [-0.15, -0.1) is 11.6 Å². The molecule has 1 atom stereocenters. The molecule has 5 nitrogen and oxygen atoms in total. The highest BCUT2D eigenvalue weighted by molar-refractivity contribution is 6.24. The maximum atomic E-state index is 11.8. The number of halogens is 1. The van der Waals surface area contributed by atoms with E-state index in [9.17, 15) is 4.79 Å². The molecule has 0 aliphatic carbocycles. The first-order valence-electron chi connectivity index (χ1n) is 6.08. The number of carbonyl (C=O) groups is 1. The lowest BCUT2D eigenvalue weighted by molar-refractivity contribution is -0.117. The number of hydrogen-bond donors (Lipinski definition) is 0. The van der Waals surface area contributed by atoms with Crippen molar-refractivity contribution in [3.05, 3.63) is 42.5 Å². The van der Waals surface area contributed by atoms with Crippen molar-refractivity contribution in [2.45, 2.75) is 18.3 Å². The average Bonchev–Trinajstić information content (AvgIpc) is 2.99. The molecule has 1 aliphatic heterocycles. The number of nitrogens with zero attached hydrogens (tertiary/aromatic N) is 4. The molecule has 2 aromatic rings. The van der Waals surface area contributed by atoms with Gasteiger partial charge in [-0.1, -0.05) is 12.1 Å². The van der Waals surface area contributed by atoms with Gasteiger partial charge in [-0.2, -0.15) is 5.10 Å². The third-order valence-electron chi connectivity index (χ3n) is 3.11. The fourth-order valence-electron chi connectivity index (χ4n) is 2.24. The first-order valence-corrected chi connectivity index (χ1v) is 6.52. The van der Waals surface area contributed by atoms with Crippen LogP contribution < -0.4 is 4.90 Å². The average molecular weight is 277 g/mol. The molecule has 1 aliphatic rings. The van der Waals surface area contributed by atoms with Gasteiger partial charge in [0, 0.05) is 18.7 Å². The van der Waals surface area contributed by atoms with E-state index in [2.05, 4.69) is 10.1 Å². The van der Waals surface area contributed by atoms with Gasteiger partial charge < -0.3 is 4.90 Å². The van der Waals surface area contributed by atoms with Crippen LogP contribution in [-0.2, 0) is 11.3 Å². The Kier molecular flexibility index (Phi) is 3.21. The molecule has 0 bridgehead atoms. The van der Waals surface area contributed by atoms with Crippen LogP contribution in [0.15, 0.2) is 36.9 Å². The largest absolute Gasteiger partial charge is 0.311 e. The Labute approximate surface area is 115 Å². The van der Waals surface area contributed by atoms with E-state index in [0.717, 1.165) is 11.3 Å². The van der Waals surface area contributed by atoms with Gasteiger partial charge in [0.05, 0.1) is 11.9 Å². The van der Waals surface area contributed by atoms with Gasteiger partial charge in [-0.25, -0.2) is 9.67 Å². The number of amides is 1. The summed E-state index contributed by atoms with van der Waals surface area (Å²) in [5.74, 6) is 0.0814. The van der Waals surface area contributed by atoms with Crippen LogP contribution in [0.5, 0.6) is 0 Å². The maximum Gasteiger partial charge on any atom is 0.228 e. The van der Waals surface area contributed by atoms with Crippen molar-refractivity contribution >= 4 is 23.2 Å². The van der Waals surface area contributed by atoms with Crippen molar-refractivity contribution in [1.82, 2.24) is 14.8 Å². The van der Waals surface area contributed by atoms with Gasteiger partial charge >= 0.3 is 0 Å². The van der Waals surface area contributed by atoms with Gasteiger partial charge in [0.1, 0.15) is 12.7 Å². The predicted molar refractivity (Wildman–Crippen MR) is 72.2 cm³/mol. The molecule has 6 heteroatoms. The van der Waals surface area contributed by atoms with Gasteiger partial charge in [0.25, 0.3) is 0 Å². The second kappa shape index (κ2) is 5.01. The lowest BCUT2D eigenvalue weighted by Gasteiger charge is -2.16. The zero-order valence-corrected chi connectivity index (χ0v) is 11.0. The number of aromatic nitrogens is 3. The Hall–Kier alpha value is -1.88. The first kappa shape index (κ1) is 12.2. The van der Waals surface area contributed by atoms with Crippen LogP contribution in [0.1, 0.15) is 12.0 Å². The van der Waals surface area contributed by atoms with E-state index in [4.69, 9.17) is 11.6 Å². The van der Waals surface area contributed by atoms with Crippen molar-refractivity contribution < 1.29 is 4.79 Å². The molecule has 3 rings (SSSR count). The summed E-state index contributed by atoms with van der Waals surface area (Å²) < 4.78 is 1.75. The van der Waals surface area contributed by atoms with E-state index in [1.165, 1.54) is 6.33 Å². The van der Waals surface area contributed by atoms with Gasteiger partial charge in [0.2, 0.25) is 5.91 Å². The quantitative estimate of drug-likeness (QED) is 0.802. The monoisotopic (exact) mass is 276 g/mol. The molecule has 1 aromatic carbocycles. The van der Waals surface area contributed by atoms with Gasteiger partial charge in [-0.3, -0.25) is 4.79 Å². The van der Waals surface area contributed by atoms with Crippen LogP contribution in [-0.4, -0.2) is 32.6 Å². The van der Waals surface area contributed by atoms with Crippen LogP contribution in [0.3, 0.4) is 0 Å². The minimum Gasteiger partial charge on any atom is -0.311 e. The standard InChI is InChI=1S/C13H13ClN4O/c14-11-5-13(19)18(7-11)12-3-1-2-10(4-12)6-17-9-15-8-16-17/h1-4,8-9,11H,5-7H2. The number of alkyl halides is 1. The predicted octanol–water partition coefficient (Wildman–Crippen LogP) is 1.67. The lowest BCUT2D eigenvalue weighted by atomic mass is 10.2. The molecule has 98 valence electrons. The Bertz CT molecular complexity index is 584. The molecule has 0 radical (unpaired) electrons. The zero-order chi connectivity index (χ0) is 13.2. The van der Waals surface area contributed by atoms with Crippen LogP contribution in [0.4, 0.5) is 5.69 Å². The summed E-state index contributed by atoms with van der Waals surface area (Å²) in [6, 6.07) is 7.87. The summed E-state index contributed by atoms with van der Waals surface area (Å²) in [6.07, 6.45) is 3.59. The van der Waals surface area contributed by atoms with E-state index < -0.39 is 0 Å². The summed E-state index contributed by atoms with van der Waals surface area (Å²) in [5.41, 5.74) is 1.97. The second-order valence-corrected chi connectivity index (χ2v) is 5.19. The maximum absolute atomic E-state index is 11.8. The van der Waals surface area contributed by atoms with E-state index in [1.807, 2.05) is 24.3 Å². The van der Waals surface area contributed by atoms with Crippen molar-refractivity contribution in [1.29, 1.82) is 0 Å². The molecule has 1 amide bonds. The van der Waals surface area contributed by atoms with Crippen LogP contribution >= 0.6 is 11.6 Å². The van der Waals surface area contributed by atoms with Crippen molar-refractivity contribution in [2.24, 2.45) is 0 Å². The highest BCUT2D eigenvalue weighted by Crippen LogP contribution is 2.25. The number of carbonyl (C=O) groups excluding carboxylic acids is 1. The molecular formula is C13H13ClN4O. The van der Waals surface area contributed by atoms with Crippen LogP contribution in [0, 0.1) is 0 Å². The molecule has 0 saturated carbocycles. The van der Waals surface area contributed by atoms with Crippen LogP contribution in [0.25, 0.3) is 0 Å². The molecular weight excluding hydrogens is 264 g/mol. The summed E-state index contributed by atoms with van der Waals surface area (Å²) >= 11 is 6.02. The van der Waals surface area contributed by atoms with Crippen molar-refractivity contribution in [3.8, 4) is 0 Å². The highest BCUT2D eigenvalue weighted by Gasteiger charge is 2.29. The Balaban J connectivity index is 1.82. The zero-order valence-electron chi connectivity index (χ0n) is 10.2. The molecule has 19 heavy (non-hydrogen) atoms. The minimum atomic E-state index is -0.0912. The molecule has 1 aromatic heterocycles. The topological polar surface area (TPSA) is 51.0 Å². The molecule has 1 saturated heterocycles. The van der Waals surface area contributed by atoms with E-state index in [1.54, 1.807) is 15.9 Å². The third-order valence-corrected chi connectivity index (χ3v) is 3.40. The van der Waals surface area contributed by atoms with E-state index >= 15 is 0 Å². The van der Waals surface area contributed by atoms with E-state index in [0.29, 0.717) is 19.5 Å². The summed E-state index contributed by atoms with van der Waals surface area (Å²) in [5, 5.41) is 3.98. The molecule has 1 unspecified atom stereocenters. The number of anilines is 1. The smallest absolute Gasteiger partial charge is 0.228 e. The third kappa shape index (κ3) is 2.61. The molecule has 2 heterocycles. The van der Waals surface area contributed by atoms with Crippen molar-refractivity contribution in [3.63, 3.8) is 0 Å². The summed E-state index contributed by atoms with van der Waals surface area (Å²) in [6.45, 7) is 1.22. The Morgan fingerprint density at radius 2 is 2.32 bits per heavy atom. The summed E-state index contributed by atoms with van der Waals surface area (Å²) in [4.78, 5) is 17.5. The highest BCUT2D eigenvalue weighted by atomic mass is 35.5. The van der Waals surface area contributed by atoms with Crippen LogP contribution in [0.2, 0.25) is 0 Å². The van der Waals surface area contributed by atoms with Gasteiger partial charge in [-0.05, 0) is 17.7 Å². The molecule has 1 fully saturated rings. The molecule has 0 N–H and O–H groups in total. The number of hydrogen-bond acceptors (Lipinski definition) is 3. The first-order chi connectivity index (χ1) is 9.22. The summed E-state index contributed by atoms with van der Waals surface area (Å²) in [7, 11) is 0. The Morgan fingerprint density at radius 1 is 1.42 bits per heavy atom. The lowest BCUT2D eigenvalue weighted by Crippen LogP contribution is -2.24. The van der Waals surface area contributed by atoms with Crippen molar-refractivity contribution in [2.75, 3.05) is 11.4 Å². The van der Waals surface area contributed by atoms with E-state index in [-0.39, 0.29) is 11.3 Å². The fraction of sp³-hybridized carbons (Fsp3) is 0.308. The normalized spacial score (nSPS) is 19.1.